The Labute approximate surface area is 66.4 Å². The van der Waals surface area contributed by atoms with Gasteiger partial charge in [0.05, 0.1) is 18.1 Å². The highest BCUT2D eigenvalue weighted by Crippen LogP contribution is 2.28. The van der Waals surface area contributed by atoms with Crippen LogP contribution in [0.5, 0.6) is 0 Å². The standard InChI is InChI=1S/C8H13N3/c1-11-4-2-3-8(11)7-5-9-6-10-7/h5-6,8H,2-4H2,1H3,(H,9,10). The molecule has 1 aliphatic rings. The van der Waals surface area contributed by atoms with E-state index in [4.69, 9.17) is 0 Å². The van der Waals surface area contributed by atoms with Crippen molar-refractivity contribution in [3.05, 3.63) is 18.2 Å². The Hall–Kier alpha value is -0.830. The lowest BCUT2D eigenvalue weighted by molar-refractivity contribution is 0.312. The van der Waals surface area contributed by atoms with Gasteiger partial charge < -0.3 is 4.98 Å². The second-order valence-electron chi connectivity index (χ2n) is 3.15. The quantitative estimate of drug-likeness (QED) is 0.653. The van der Waals surface area contributed by atoms with E-state index in [1.54, 1.807) is 6.33 Å². The highest BCUT2D eigenvalue weighted by atomic mass is 15.2. The maximum absolute atomic E-state index is 4.02. The first-order valence-electron chi connectivity index (χ1n) is 4.06. The van der Waals surface area contributed by atoms with Gasteiger partial charge in [0.15, 0.2) is 0 Å². The molecule has 3 nitrogen and oxygen atoms in total. The van der Waals surface area contributed by atoms with Gasteiger partial charge in [-0.1, -0.05) is 0 Å². The zero-order valence-corrected chi connectivity index (χ0v) is 6.75. The Morgan fingerprint density at radius 1 is 1.73 bits per heavy atom. The van der Waals surface area contributed by atoms with Crippen LogP contribution in [0.25, 0.3) is 0 Å². The van der Waals surface area contributed by atoms with E-state index in [2.05, 4.69) is 21.9 Å². The average Bonchev–Trinajstić information content (AvgIpc) is 2.55. The number of rotatable bonds is 1. The van der Waals surface area contributed by atoms with Crippen molar-refractivity contribution in [2.24, 2.45) is 0 Å². The molecular weight excluding hydrogens is 138 g/mol. The third kappa shape index (κ3) is 1.16. The molecule has 0 radical (unpaired) electrons. The molecule has 2 heterocycles. The van der Waals surface area contributed by atoms with Crippen LogP contribution >= 0.6 is 0 Å². The number of aromatic nitrogens is 2. The van der Waals surface area contributed by atoms with Crippen LogP contribution in [0.3, 0.4) is 0 Å². The highest BCUT2D eigenvalue weighted by molar-refractivity contribution is 5.04. The van der Waals surface area contributed by atoms with Gasteiger partial charge in [0.1, 0.15) is 0 Å². The molecule has 3 heteroatoms. The lowest BCUT2D eigenvalue weighted by Crippen LogP contribution is -2.17. The third-order valence-corrected chi connectivity index (χ3v) is 2.40. The van der Waals surface area contributed by atoms with Crippen molar-refractivity contribution in [1.82, 2.24) is 14.9 Å². The first-order valence-corrected chi connectivity index (χ1v) is 4.06. The molecule has 1 aromatic rings. The van der Waals surface area contributed by atoms with Crippen molar-refractivity contribution < 1.29 is 0 Å². The maximum Gasteiger partial charge on any atom is 0.0922 e. The van der Waals surface area contributed by atoms with E-state index < -0.39 is 0 Å². The molecule has 1 saturated heterocycles. The summed E-state index contributed by atoms with van der Waals surface area (Å²) in [6.45, 7) is 1.21. The molecule has 0 aliphatic carbocycles. The fraction of sp³-hybridized carbons (Fsp3) is 0.625. The van der Waals surface area contributed by atoms with Crippen molar-refractivity contribution in [2.45, 2.75) is 18.9 Å². The van der Waals surface area contributed by atoms with Crippen molar-refractivity contribution in [3.63, 3.8) is 0 Å². The molecule has 1 aromatic heterocycles. The minimum absolute atomic E-state index is 0.581. The number of H-pyrrole nitrogens is 1. The van der Waals surface area contributed by atoms with Crippen LogP contribution in [0, 0.1) is 0 Å². The summed E-state index contributed by atoms with van der Waals surface area (Å²) < 4.78 is 0. The summed E-state index contributed by atoms with van der Waals surface area (Å²) in [6, 6.07) is 0.581. The molecule has 0 spiro atoms. The summed E-state index contributed by atoms with van der Waals surface area (Å²) >= 11 is 0. The Balaban J connectivity index is 2.16. The maximum atomic E-state index is 4.02. The van der Waals surface area contributed by atoms with Crippen LogP contribution in [-0.4, -0.2) is 28.5 Å². The van der Waals surface area contributed by atoms with Crippen molar-refractivity contribution >= 4 is 0 Å². The minimum Gasteiger partial charge on any atom is -0.347 e. The molecule has 0 bridgehead atoms. The average molecular weight is 151 g/mol. The molecule has 0 amide bonds. The first kappa shape index (κ1) is 6.85. The van der Waals surface area contributed by atoms with Gasteiger partial charge in [-0.05, 0) is 26.4 Å². The SMILES string of the molecule is CN1CCCC1c1cnc[nH]1. The van der Waals surface area contributed by atoms with Crippen LogP contribution in [0.2, 0.25) is 0 Å². The van der Waals surface area contributed by atoms with Crippen molar-refractivity contribution in [2.75, 3.05) is 13.6 Å². The summed E-state index contributed by atoms with van der Waals surface area (Å²) in [5.41, 5.74) is 1.25. The number of hydrogen-bond acceptors (Lipinski definition) is 2. The Kier molecular flexibility index (Phi) is 1.66. The Morgan fingerprint density at radius 2 is 2.64 bits per heavy atom. The molecule has 0 aromatic carbocycles. The van der Waals surface area contributed by atoms with Gasteiger partial charge >= 0.3 is 0 Å². The minimum atomic E-state index is 0.581. The molecule has 11 heavy (non-hydrogen) atoms. The number of nitrogens with zero attached hydrogens (tertiary/aromatic N) is 2. The molecule has 60 valence electrons. The van der Waals surface area contributed by atoms with Crippen LogP contribution in [-0.2, 0) is 0 Å². The molecule has 1 atom stereocenters. The van der Waals surface area contributed by atoms with E-state index in [-0.39, 0.29) is 0 Å². The molecule has 2 rings (SSSR count). The van der Waals surface area contributed by atoms with E-state index in [1.807, 2.05) is 6.20 Å². The van der Waals surface area contributed by atoms with Crippen LogP contribution < -0.4 is 0 Å². The topological polar surface area (TPSA) is 31.9 Å². The predicted octanol–water partition coefficient (Wildman–Crippen LogP) is 1.18. The Bertz CT molecular complexity index is 217. The largest absolute Gasteiger partial charge is 0.347 e. The normalized spacial score (nSPS) is 26.1. The number of imidazole rings is 1. The van der Waals surface area contributed by atoms with Crippen molar-refractivity contribution in [1.29, 1.82) is 0 Å². The molecule has 1 fully saturated rings. The first-order chi connectivity index (χ1) is 5.38. The number of hydrogen-bond donors (Lipinski definition) is 1. The smallest absolute Gasteiger partial charge is 0.0922 e. The summed E-state index contributed by atoms with van der Waals surface area (Å²) in [5, 5.41) is 0. The number of likely N-dealkylation sites (tertiary alicyclic amines) is 1. The molecule has 1 N–H and O–H groups in total. The monoisotopic (exact) mass is 151 g/mol. The number of aromatic amines is 1. The van der Waals surface area contributed by atoms with Gasteiger partial charge in [-0.25, -0.2) is 4.98 Å². The van der Waals surface area contributed by atoms with E-state index in [9.17, 15) is 0 Å². The second kappa shape index (κ2) is 2.66. The number of nitrogens with one attached hydrogen (secondary N) is 1. The summed E-state index contributed by atoms with van der Waals surface area (Å²) in [7, 11) is 2.17. The summed E-state index contributed by atoms with van der Waals surface area (Å²) in [5.74, 6) is 0. The summed E-state index contributed by atoms with van der Waals surface area (Å²) in [4.78, 5) is 9.54. The lowest BCUT2D eigenvalue weighted by Gasteiger charge is -2.16. The molecular formula is C8H13N3. The van der Waals surface area contributed by atoms with Crippen LogP contribution in [0.1, 0.15) is 24.6 Å². The summed E-state index contributed by atoms with van der Waals surface area (Å²) in [6.07, 6.45) is 6.24. The lowest BCUT2D eigenvalue weighted by atomic mass is 10.2. The van der Waals surface area contributed by atoms with Crippen molar-refractivity contribution in [3.8, 4) is 0 Å². The van der Waals surface area contributed by atoms with Gasteiger partial charge in [0.25, 0.3) is 0 Å². The predicted molar refractivity (Wildman–Crippen MR) is 43.2 cm³/mol. The van der Waals surface area contributed by atoms with Crippen LogP contribution in [0.15, 0.2) is 12.5 Å². The van der Waals surface area contributed by atoms with E-state index >= 15 is 0 Å². The molecule has 1 unspecified atom stereocenters. The zero-order valence-electron chi connectivity index (χ0n) is 6.75. The highest BCUT2D eigenvalue weighted by Gasteiger charge is 2.22. The fourth-order valence-corrected chi connectivity index (χ4v) is 1.75. The van der Waals surface area contributed by atoms with Gasteiger partial charge in [0.2, 0.25) is 0 Å². The third-order valence-electron chi connectivity index (χ3n) is 2.40. The fourth-order valence-electron chi connectivity index (χ4n) is 1.75. The molecule has 1 aliphatic heterocycles. The second-order valence-corrected chi connectivity index (χ2v) is 3.15. The van der Waals surface area contributed by atoms with E-state index in [0.29, 0.717) is 6.04 Å². The van der Waals surface area contributed by atoms with Gasteiger partial charge in [-0.15, -0.1) is 0 Å². The van der Waals surface area contributed by atoms with Gasteiger partial charge in [0, 0.05) is 6.20 Å². The van der Waals surface area contributed by atoms with Crippen LogP contribution in [0.4, 0.5) is 0 Å². The van der Waals surface area contributed by atoms with E-state index in [0.717, 1.165) is 0 Å². The zero-order chi connectivity index (χ0) is 7.68. The Morgan fingerprint density at radius 3 is 3.18 bits per heavy atom. The molecule has 0 saturated carbocycles. The van der Waals surface area contributed by atoms with Gasteiger partial charge in [-0.2, -0.15) is 0 Å². The van der Waals surface area contributed by atoms with E-state index in [1.165, 1.54) is 25.1 Å². The van der Waals surface area contributed by atoms with Gasteiger partial charge in [-0.3, -0.25) is 4.90 Å².